The number of carbonyl (C=O) groups is 1. The monoisotopic (exact) mass is 357 g/mol. The van der Waals surface area contributed by atoms with Crippen LogP contribution in [-0.4, -0.2) is 47.1 Å². The van der Waals surface area contributed by atoms with Gasteiger partial charge in [0.05, 0.1) is 24.7 Å². The third-order valence-electron chi connectivity index (χ3n) is 4.83. The lowest BCUT2D eigenvalue weighted by molar-refractivity contribution is -0.132. The van der Waals surface area contributed by atoms with E-state index in [1.807, 2.05) is 40.8 Å². The molecule has 0 aliphatic carbocycles. The molecule has 26 heavy (non-hydrogen) atoms. The minimum Gasteiger partial charge on any atom is -0.454 e. The summed E-state index contributed by atoms with van der Waals surface area (Å²) < 4.78 is 18.3. The second kappa shape index (κ2) is 7.37. The molecule has 0 radical (unpaired) electrons. The summed E-state index contributed by atoms with van der Waals surface area (Å²) in [6.07, 6.45) is 2.99. The fraction of sp³-hybridized carbons (Fsp3) is 0.474. The smallest absolute Gasteiger partial charge is 0.231 e. The molecule has 1 aromatic heterocycles. The van der Waals surface area contributed by atoms with E-state index in [4.69, 9.17) is 14.2 Å². The lowest BCUT2D eigenvalue weighted by Crippen LogP contribution is -2.42. The summed E-state index contributed by atoms with van der Waals surface area (Å²) in [5.41, 5.74) is 2.00. The minimum atomic E-state index is 0.109. The number of ether oxygens (including phenoxy) is 3. The molecule has 0 spiro atoms. The van der Waals surface area contributed by atoms with Crippen LogP contribution in [0.15, 0.2) is 30.5 Å². The Bertz CT molecular complexity index is 789. The normalized spacial score (nSPS) is 18.0. The van der Waals surface area contributed by atoms with Gasteiger partial charge in [-0.3, -0.25) is 9.48 Å². The Kier molecular flexibility index (Phi) is 4.79. The molecule has 0 saturated heterocycles. The van der Waals surface area contributed by atoms with Crippen LogP contribution in [0.2, 0.25) is 0 Å². The Balaban J connectivity index is 1.44. The number of benzene rings is 1. The quantitative estimate of drug-likeness (QED) is 0.741. The Morgan fingerprint density at radius 1 is 1.31 bits per heavy atom. The standard InChI is InChI=1S/C19H23N3O4/c1-2-24-8-6-16-12-21(11-15-5-7-20-22(15)16)19(23)10-14-3-4-17-18(9-14)26-13-25-17/h3-5,7,9,16H,2,6,8,10-13H2,1H3/t16-/m1/s1. The van der Waals surface area contributed by atoms with Crippen LogP contribution in [0.3, 0.4) is 0 Å². The van der Waals surface area contributed by atoms with Crippen LogP contribution < -0.4 is 9.47 Å². The van der Waals surface area contributed by atoms with Gasteiger partial charge < -0.3 is 19.1 Å². The first kappa shape index (κ1) is 16.9. The number of carbonyl (C=O) groups excluding carboxylic acids is 1. The maximum Gasteiger partial charge on any atom is 0.231 e. The van der Waals surface area contributed by atoms with Crippen molar-refractivity contribution >= 4 is 5.91 Å². The van der Waals surface area contributed by atoms with E-state index in [-0.39, 0.29) is 18.7 Å². The second-order valence-electron chi connectivity index (χ2n) is 6.55. The molecule has 0 saturated carbocycles. The zero-order chi connectivity index (χ0) is 17.9. The van der Waals surface area contributed by atoms with Crippen molar-refractivity contribution in [2.24, 2.45) is 0 Å². The van der Waals surface area contributed by atoms with Gasteiger partial charge in [-0.25, -0.2) is 0 Å². The minimum absolute atomic E-state index is 0.109. The van der Waals surface area contributed by atoms with E-state index < -0.39 is 0 Å². The highest BCUT2D eigenvalue weighted by atomic mass is 16.7. The first-order valence-electron chi connectivity index (χ1n) is 9.01. The summed E-state index contributed by atoms with van der Waals surface area (Å²) in [7, 11) is 0. The van der Waals surface area contributed by atoms with Crippen LogP contribution in [0.5, 0.6) is 11.5 Å². The molecule has 4 rings (SSSR count). The summed E-state index contributed by atoms with van der Waals surface area (Å²) in [6.45, 7) is 4.85. The van der Waals surface area contributed by atoms with Crippen molar-refractivity contribution in [2.75, 3.05) is 26.6 Å². The van der Waals surface area contributed by atoms with Crippen molar-refractivity contribution in [3.8, 4) is 11.5 Å². The van der Waals surface area contributed by atoms with Gasteiger partial charge >= 0.3 is 0 Å². The van der Waals surface area contributed by atoms with Gasteiger partial charge in [-0.05, 0) is 37.1 Å². The zero-order valence-electron chi connectivity index (χ0n) is 14.9. The van der Waals surface area contributed by atoms with Gasteiger partial charge in [0.15, 0.2) is 11.5 Å². The molecule has 7 heteroatoms. The summed E-state index contributed by atoms with van der Waals surface area (Å²) >= 11 is 0. The third kappa shape index (κ3) is 3.39. The van der Waals surface area contributed by atoms with Crippen molar-refractivity contribution in [1.29, 1.82) is 0 Å². The van der Waals surface area contributed by atoms with E-state index >= 15 is 0 Å². The van der Waals surface area contributed by atoms with E-state index in [9.17, 15) is 4.79 Å². The van der Waals surface area contributed by atoms with E-state index in [0.717, 1.165) is 23.4 Å². The van der Waals surface area contributed by atoms with Crippen molar-refractivity contribution in [2.45, 2.75) is 32.4 Å². The topological polar surface area (TPSA) is 65.8 Å². The van der Waals surface area contributed by atoms with Crippen LogP contribution in [0.25, 0.3) is 0 Å². The number of amides is 1. The Hall–Kier alpha value is -2.54. The number of hydrogen-bond donors (Lipinski definition) is 0. The predicted octanol–water partition coefficient (Wildman–Crippen LogP) is 2.16. The molecule has 2 aromatic rings. The van der Waals surface area contributed by atoms with Crippen molar-refractivity contribution in [3.63, 3.8) is 0 Å². The molecule has 2 aliphatic heterocycles. The van der Waals surface area contributed by atoms with Gasteiger partial charge in [0.2, 0.25) is 12.7 Å². The van der Waals surface area contributed by atoms with Crippen LogP contribution in [0, 0.1) is 0 Å². The molecule has 0 N–H and O–H groups in total. The van der Waals surface area contributed by atoms with E-state index in [0.29, 0.717) is 38.5 Å². The lowest BCUT2D eigenvalue weighted by atomic mass is 10.1. The third-order valence-corrected chi connectivity index (χ3v) is 4.83. The fourth-order valence-electron chi connectivity index (χ4n) is 3.49. The summed E-state index contributed by atoms with van der Waals surface area (Å²) in [5.74, 6) is 1.55. The number of nitrogens with zero attached hydrogens (tertiary/aromatic N) is 3. The molecule has 3 heterocycles. The van der Waals surface area contributed by atoms with Gasteiger partial charge in [-0.1, -0.05) is 6.07 Å². The van der Waals surface area contributed by atoms with Crippen molar-refractivity contribution in [3.05, 3.63) is 41.7 Å². The molecule has 0 fully saturated rings. The lowest BCUT2D eigenvalue weighted by Gasteiger charge is -2.34. The average molecular weight is 357 g/mol. The summed E-state index contributed by atoms with van der Waals surface area (Å²) in [6, 6.07) is 7.81. The van der Waals surface area contributed by atoms with E-state index in [2.05, 4.69) is 5.10 Å². The molecule has 1 aromatic carbocycles. The Morgan fingerprint density at radius 3 is 3.08 bits per heavy atom. The average Bonchev–Trinajstić information content (AvgIpc) is 3.30. The van der Waals surface area contributed by atoms with Crippen molar-refractivity contribution < 1.29 is 19.0 Å². The molecule has 1 amide bonds. The number of aromatic nitrogens is 2. The van der Waals surface area contributed by atoms with Gasteiger partial charge in [-0.15, -0.1) is 0 Å². The highest BCUT2D eigenvalue weighted by Gasteiger charge is 2.28. The molecule has 0 bridgehead atoms. The van der Waals surface area contributed by atoms with Crippen LogP contribution >= 0.6 is 0 Å². The molecular weight excluding hydrogens is 334 g/mol. The molecule has 7 nitrogen and oxygen atoms in total. The maximum atomic E-state index is 12.9. The number of rotatable bonds is 6. The summed E-state index contributed by atoms with van der Waals surface area (Å²) in [5, 5.41) is 4.43. The summed E-state index contributed by atoms with van der Waals surface area (Å²) in [4.78, 5) is 14.8. The number of fused-ring (bicyclic) bond motifs is 2. The molecular formula is C19H23N3O4. The highest BCUT2D eigenvalue weighted by molar-refractivity contribution is 5.79. The second-order valence-corrected chi connectivity index (χ2v) is 6.55. The van der Waals surface area contributed by atoms with Gasteiger partial charge in [0, 0.05) is 26.0 Å². The molecule has 0 unspecified atom stereocenters. The van der Waals surface area contributed by atoms with Crippen LogP contribution in [-0.2, 0) is 22.5 Å². The molecule has 2 aliphatic rings. The Morgan fingerprint density at radius 2 is 2.19 bits per heavy atom. The maximum absolute atomic E-state index is 12.9. The van der Waals surface area contributed by atoms with Gasteiger partial charge in [-0.2, -0.15) is 5.10 Å². The van der Waals surface area contributed by atoms with Gasteiger partial charge in [0.1, 0.15) is 0 Å². The van der Waals surface area contributed by atoms with E-state index in [1.54, 1.807) is 6.20 Å². The van der Waals surface area contributed by atoms with Crippen LogP contribution in [0.1, 0.15) is 30.6 Å². The largest absolute Gasteiger partial charge is 0.454 e. The fourth-order valence-corrected chi connectivity index (χ4v) is 3.49. The van der Waals surface area contributed by atoms with E-state index in [1.165, 1.54) is 0 Å². The predicted molar refractivity (Wildman–Crippen MR) is 94.1 cm³/mol. The SMILES string of the molecule is CCOCC[C@@H]1CN(C(=O)Cc2ccc3c(c2)OCO3)Cc2ccnn21. The first-order valence-corrected chi connectivity index (χ1v) is 9.01. The van der Waals surface area contributed by atoms with Crippen LogP contribution in [0.4, 0.5) is 0 Å². The van der Waals surface area contributed by atoms with Crippen molar-refractivity contribution in [1.82, 2.24) is 14.7 Å². The molecule has 1 atom stereocenters. The highest BCUT2D eigenvalue weighted by Crippen LogP contribution is 2.33. The zero-order valence-corrected chi connectivity index (χ0v) is 14.9. The molecule has 138 valence electrons. The van der Waals surface area contributed by atoms with Gasteiger partial charge in [0.25, 0.3) is 0 Å². The first-order chi connectivity index (χ1) is 12.7. The Labute approximate surface area is 152 Å². The number of hydrogen-bond acceptors (Lipinski definition) is 5.